The van der Waals surface area contributed by atoms with Gasteiger partial charge in [0.25, 0.3) is 0 Å². The van der Waals surface area contributed by atoms with E-state index < -0.39 is 28.7 Å². The van der Waals surface area contributed by atoms with Crippen molar-refractivity contribution in [2.75, 3.05) is 46.4 Å². The van der Waals surface area contributed by atoms with Crippen molar-refractivity contribution in [1.29, 1.82) is 0 Å². The number of carbonyl (C=O) groups excluding carboxylic acids is 2. The molecule has 11 nitrogen and oxygen atoms in total. The third kappa shape index (κ3) is 5.70. The summed E-state index contributed by atoms with van der Waals surface area (Å²) in [6, 6.07) is 10.4. The van der Waals surface area contributed by atoms with Crippen molar-refractivity contribution in [2.24, 2.45) is 0 Å². The maximum Gasteiger partial charge on any atom is 0.339 e. The Balaban J connectivity index is 1.56. The lowest BCUT2D eigenvalue weighted by atomic mass is 10.2. The van der Waals surface area contributed by atoms with Crippen LogP contribution in [0.5, 0.6) is 5.75 Å². The molecule has 1 aliphatic heterocycles. The van der Waals surface area contributed by atoms with Crippen LogP contribution in [-0.4, -0.2) is 77.6 Å². The number of ether oxygens (including phenoxy) is 2. The fraction of sp³-hybridized carbons (Fsp3) is 0.381. The van der Waals surface area contributed by atoms with Crippen molar-refractivity contribution < 1.29 is 24.0 Å². The van der Waals surface area contributed by atoms with E-state index in [9.17, 15) is 24.5 Å². The van der Waals surface area contributed by atoms with Gasteiger partial charge in [-0.25, -0.2) is 4.79 Å². The third-order valence-electron chi connectivity index (χ3n) is 5.13. The Morgan fingerprint density at radius 1 is 1.12 bits per heavy atom. The van der Waals surface area contributed by atoms with Crippen LogP contribution < -0.4 is 10.3 Å². The summed E-state index contributed by atoms with van der Waals surface area (Å²) in [6.07, 6.45) is 1.11. The smallest absolute Gasteiger partial charge is 0.339 e. The van der Waals surface area contributed by atoms with Crippen LogP contribution in [0.15, 0.2) is 47.4 Å². The number of hydrogen-bond donors (Lipinski definition) is 0. The fourth-order valence-electron chi connectivity index (χ4n) is 3.37. The molecule has 0 aliphatic carbocycles. The zero-order valence-corrected chi connectivity index (χ0v) is 17.6. The summed E-state index contributed by atoms with van der Waals surface area (Å²) in [6.45, 7) is 3.03. The number of carbonyl (C=O) groups is 2. The van der Waals surface area contributed by atoms with Crippen LogP contribution in [0.2, 0.25) is 0 Å². The predicted octanol–water partition coefficient (Wildman–Crippen LogP) is 0.766. The molecule has 0 radical (unpaired) electrons. The van der Waals surface area contributed by atoms with Crippen molar-refractivity contribution in [3.05, 3.63) is 68.6 Å². The molecule has 170 valence electrons. The number of amides is 1. The van der Waals surface area contributed by atoms with Gasteiger partial charge in [-0.15, -0.1) is 0 Å². The highest BCUT2D eigenvalue weighted by atomic mass is 16.6. The quantitative estimate of drug-likeness (QED) is 0.332. The van der Waals surface area contributed by atoms with E-state index in [0.29, 0.717) is 39.3 Å². The van der Waals surface area contributed by atoms with E-state index in [2.05, 4.69) is 9.64 Å². The number of nitrogens with zero attached hydrogens (tertiary/aromatic N) is 4. The van der Waals surface area contributed by atoms with Gasteiger partial charge in [-0.2, -0.15) is 0 Å². The van der Waals surface area contributed by atoms with Crippen LogP contribution in [0, 0.1) is 10.1 Å². The highest BCUT2D eigenvalue weighted by Gasteiger charge is 2.25. The normalized spacial score (nSPS) is 14.1. The molecule has 0 N–H and O–H groups in total. The molecule has 11 heteroatoms. The lowest BCUT2D eigenvalue weighted by Crippen LogP contribution is -2.50. The molecule has 1 amide bonds. The number of nitro groups is 1. The molecule has 1 aromatic heterocycles. The first-order chi connectivity index (χ1) is 15.4. The highest BCUT2D eigenvalue weighted by molar-refractivity contribution is 5.89. The maximum atomic E-state index is 12.7. The summed E-state index contributed by atoms with van der Waals surface area (Å²) in [5.74, 6) is -0.390. The van der Waals surface area contributed by atoms with Crippen molar-refractivity contribution in [3.8, 4) is 5.75 Å². The molecule has 0 spiro atoms. The summed E-state index contributed by atoms with van der Waals surface area (Å²) in [7, 11) is 1.12. The highest BCUT2D eigenvalue weighted by Crippen LogP contribution is 2.11. The lowest BCUT2D eigenvalue weighted by molar-refractivity contribution is -0.386. The van der Waals surface area contributed by atoms with Gasteiger partial charge in [-0.05, 0) is 12.1 Å². The minimum Gasteiger partial charge on any atom is -0.492 e. The Kier molecular flexibility index (Phi) is 7.55. The number of hydrogen-bond acceptors (Lipinski definition) is 8. The van der Waals surface area contributed by atoms with Gasteiger partial charge >= 0.3 is 17.2 Å². The number of aromatic nitrogens is 1. The minimum absolute atomic E-state index is 0.171. The first-order valence-electron chi connectivity index (χ1n) is 10.0. The maximum absolute atomic E-state index is 12.7. The standard InChI is InChI=1S/C21H24N4O7/c1-31-21(28)16-13-18(25(29)30)20(27)24(14-16)15-19(26)23-9-7-22(8-10-23)11-12-32-17-5-3-2-4-6-17/h2-6,13-14H,7-12,15H2,1H3. The zero-order valence-electron chi connectivity index (χ0n) is 17.6. The van der Waals surface area contributed by atoms with E-state index in [1.807, 2.05) is 30.3 Å². The topological polar surface area (TPSA) is 124 Å². The largest absolute Gasteiger partial charge is 0.492 e. The molecule has 2 aromatic rings. The van der Waals surface area contributed by atoms with Crippen molar-refractivity contribution in [2.45, 2.75) is 6.54 Å². The minimum atomic E-state index is -0.951. The van der Waals surface area contributed by atoms with Crippen LogP contribution in [-0.2, 0) is 16.1 Å². The predicted molar refractivity (Wildman–Crippen MR) is 114 cm³/mol. The summed E-state index contributed by atoms with van der Waals surface area (Å²) in [5.41, 5.74) is -1.91. The monoisotopic (exact) mass is 444 g/mol. The van der Waals surface area contributed by atoms with E-state index in [-0.39, 0.29) is 11.5 Å². The Morgan fingerprint density at radius 3 is 2.44 bits per heavy atom. The van der Waals surface area contributed by atoms with E-state index in [1.54, 1.807) is 4.90 Å². The van der Waals surface area contributed by atoms with Gasteiger partial charge in [0.1, 0.15) is 18.9 Å². The van der Waals surface area contributed by atoms with Gasteiger partial charge in [0.05, 0.1) is 17.6 Å². The van der Waals surface area contributed by atoms with Crippen LogP contribution >= 0.6 is 0 Å². The van der Waals surface area contributed by atoms with Gasteiger partial charge in [0, 0.05) is 45.0 Å². The van der Waals surface area contributed by atoms with Crippen molar-refractivity contribution in [1.82, 2.24) is 14.4 Å². The van der Waals surface area contributed by atoms with E-state index in [1.165, 1.54) is 0 Å². The number of para-hydroxylation sites is 1. The number of piperazine rings is 1. The molecule has 0 bridgehead atoms. The Labute approximate surface area is 183 Å². The molecule has 1 aliphatic rings. The summed E-state index contributed by atoms with van der Waals surface area (Å²) in [5, 5.41) is 11.2. The number of benzene rings is 1. The van der Waals surface area contributed by atoms with Crippen LogP contribution in [0.4, 0.5) is 5.69 Å². The number of pyridine rings is 1. The van der Waals surface area contributed by atoms with Gasteiger partial charge in [-0.3, -0.25) is 29.2 Å². The molecule has 1 saturated heterocycles. The second-order valence-corrected chi connectivity index (χ2v) is 7.18. The van der Waals surface area contributed by atoms with Gasteiger partial charge in [0.2, 0.25) is 5.91 Å². The second kappa shape index (κ2) is 10.5. The zero-order chi connectivity index (χ0) is 23.1. The summed E-state index contributed by atoms with van der Waals surface area (Å²) < 4.78 is 11.1. The first kappa shape index (κ1) is 22.9. The van der Waals surface area contributed by atoms with Gasteiger partial charge in [0.15, 0.2) is 0 Å². The van der Waals surface area contributed by atoms with Gasteiger partial charge in [-0.1, -0.05) is 18.2 Å². The Bertz CT molecular complexity index is 1030. The summed E-state index contributed by atoms with van der Waals surface area (Å²) in [4.78, 5) is 50.9. The molecule has 0 saturated carbocycles. The van der Waals surface area contributed by atoms with Crippen molar-refractivity contribution in [3.63, 3.8) is 0 Å². The SMILES string of the molecule is COC(=O)c1cc([N+](=O)[O-])c(=O)n(CC(=O)N2CCN(CCOc3ccccc3)CC2)c1. The van der Waals surface area contributed by atoms with Crippen molar-refractivity contribution >= 4 is 17.6 Å². The van der Waals surface area contributed by atoms with E-state index in [4.69, 9.17) is 4.74 Å². The summed E-state index contributed by atoms with van der Waals surface area (Å²) >= 11 is 0. The second-order valence-electron chi connectivity index (χ2n) is 7.18. The van der Waals surface area contributed by atoms with Crippen LogP contribution in [0.25, 0.3) is 0 Å². The molecule has 1 fully saturated rings. The molecule has 2 heterocycles. The molecule has 32 heavy (non-hydrogen) atoms. The van der Waals surface area contributed by atoms with E-state index in [0.717, 1.165) is 29.7 Å². The fourth-order valence-corrected chi connectivity index (χ4v) is 3.37. The van der Waals surface area contributed by atoms with E-state index >= 15 is 0 Å². The average molecular weight is 444 g/mol. The number of methoxy groups -OCH3 is 1. The Morgan fingerprint density at radius 2 is 1.81 bits per heavy atom. The average Bonchev–Trinajstić information content (AvgIpc) is 2.80. The molecule has 0 atom stereocenters. The number of rotatable bonds is 8. The Hall–Kier alpha value is -3.73. The molecule has 3 rings (SSSR count). The molecular formula is C21H24N4O7. The first-order valence-corrected chi connectivity index (χ1v) is 10.0. The van der Waals surface area contributed by atoms with Crippen LogP contribution in [0.3, 0.4) is 0 Å². The number of esters is 1. The third-order valence-corrected chi connectivity index (χ3v) is 5.13. The molecule has 1 aromatic carbocycles. The van der Waals surface area contributed by atoms with Crippen LogP contribution in [0.1, 0.15) is 10.4 Å². The van der Waals surface area contributed by atoms with Gasteiger partial charge < -0.3 is 14.4 Å². The lowest BCUT2D eigenvalue weighted by Gasteiger charge is -2.34. The molecule has 0 unspecified atom stereocenters. The molecular weight excluding hydrogens is 420 g/mol.